The molecule has 0 fully saturated rings. The molecule has 0 spiro atoms. The lowest BCUT2D eigenvalue weighted by Crippen LogP contribution is -2.62. The number of aliphatic imine (C=N–C) groups is 1. The van der Waals surface area contributed by atoms with Crippen LogP contribution in [-0.2, 0) is 57.5 Å². The molecular weight excluding hydrogens is 1160 g/mol. The highest BCUT2D eigenvalue weighted by Gasteiger charge is 2.40. The van der Waals surface area contributed by atoms with Crippen molar-refractivity contribution < 1.29 is 97.8 Å². The van der Waals surface area contributed by atoms with Gasteiger partial charge in [0.15, 0.2) is 5.96 Å². The zero-order valence-corrected chi connectivity index (χ0v) is 48.2. The van der Waals surface area contributed by atoms with Gasteiger partial charge in [0.25, 0.3) is 11.8 Å². The van der Waals surface area contributed by atoms with Gasteiger partial charge in [-0.3, -0.25) is 72.2 Å². The number of aliphatic carboxylic acids is 4. The number of carbonyl (C=O) groups excluding carboxylic acids is 10. The van der Waals surface area contributed by atoms with E-state index in [0.29, 0.717) is 10.6 Å². The fourth-order valence-corrected chi connectivity index (χ4v) is 8.35. The van der Waals surface area contributed by atoms with E-state index in [4.69, 9.17) is 28.7 Å². The molecule has 1 aliphatic rings. The molecule has 0 saturated heterocycles. The van der Waals surface area contributed by atoms with E-state index in [9.17, 15) is 97.8 Å². The molecule has 1 aliphatic heterocycles. The van der Waals surface area contributed by atoms with Crippen LogP contribution in [0.15, 0.2) is 23.2 Å². The summed E-state index contributed by atoms with van der Waals surface area (Å²) in [7, 11) is 3.40. The van der Waals surface area contributed by atoms with Crippen LogP contribution in [0.4, 0.5) is 5.69 Å². The molecule has 10 amide bonds. The number of nitrogens with two attached hydrogens (primary N) is 5. The van der Waals surface area contributed by atoms with Crippen molar-refractivity contribution in [2.45, 2.75) is 144 Å². The molecule has 0 bridgehead atoms. The number of nitrogens with zero attached hydrogens (tertiary/aromatic N) is 3. The van der Waals surface area contributed by atoms with Crippen molar-refractivity contribution in [3.63, 3.8) is 0 Å². The lowest BCUT2D eigenvalue weighted by molar-refractivity contribution is -0.143. The van der Waals surface area contributed by atoms with E-state index < -0.39 is 182 Å². The van der Waals surface area contributed by atoms with Crippen LogP contribution in [0.3, 0.4) is 0 Å². The number of carboxylic acids is 4. The number of anilines is 1. The Balaban J connectivity index is 2.36. The van der Waals surface area contributed by atoms with Gasteiger partial charge in [0.05, 0.1) is 43.2 Å². The number of carboxylic acid groups (broad SMARTS) is 4. The van der Waals surface area contributed by atoms with E-state index in [1.807, 2.05) is 0 Å². The number of fused-ring (bicyclic) bond motifs is 1. The molecule has 0 radical (unpaired) electrons. The Morgan fingerprint density at radius 1 is 0.552 bits per heavy atom. The van der Waals surface area contributed by atoms with Crippen molar-refractivity contribution in [3.8, 4) is 0 Å². The summed E-state index contributed by atoms with van der Waals surface area (Å²) in [6.07, 6.45) is -5.69. The Morgan fingerprint density at radius 2 is 0.977 bits per heavy atom. The molecule has 36 nitrogen and oxygen atoms in total. The standard InChI is InChI=1S/C51H80N16O20/c1-24(69)39(65-43(79)31(14-15-36(70)71)58-40(76)28(54)22-67-48(84)26-13-12-25(66(2)3)19-27(26)49(67)85)47(83)63-34(21-38(74)75)45(81)59-29(9-4-6-16-52)41(77)62-33(20-37(72)73)44(80)60-30(10-5-7-17-53)42(78)64-35(23-68)46(82)61-32(50(86)87)11-8-18-57-51(55)56/h12-13,19,24,28-35,39,68-69H,4-11,14-18,20-23,52-54H2,1-3H3,(H,58,76)(H,59,81)(H,60,80)(H,61,82)(H,62,77)(H,63,83)(H,64,78)(H,65,79)(H,70,71)(H,72,73)(H,74,75)(H,86,87)(H4,55,56,57)/t24-,28+,29+,30+,31+,32+,33+,34+,35+,39+/m1/s1. The molecule has 0 saturated carbocycles. The molecule has 1 aromatic carbocycles. The van der Waals surface area contributed by atoms with Crippen molar-refractivity contribution in [1.29, 1.82) is 0 Å². The number of aliphatic hydroxyl groups excluding tert-OH is 2. The van der Waals surface area contributed by atoms with Gasteiger partial charge in [-0.2, -0.15) is 0 Å². The van der Waals surface area contributed by atoms with Crippen LogP contribution in [0.5, 0.6) is 0 Å². The average molecular weight is 1240 g/mol. The van der Waals surface area contributed by atoms with Crippen LogP contribution in [0.2, 0.25) is 0 Å². The van der Waals surface area contributed by atoms with Gasteiger partial charge in [0, 0.05) is 32.7 Å². The van der Waals surface area contributed by atoms with Crippen molar-refractivity contribution in [2.75, 3.05) is 51.8 Å². The summed E-state index contributed by atoms with van der Waals surface area (Å²) < 4.78 is 0. The molecule has 10 atom stereocenters. The van der Waals surface area contributed by atoms with Gasteiger partial charge in [0.2, 0.25) is 47.3 Å². The lowest BCUT2D eigenvalue weighted by atomic mass is 10.0. The highest BCUT2D eigenvalue weighted by atomic mass is 16.4. The van der Waals surface area contributed by atoms with E-state index in [2.05, 4.69) is 47.5 Å². The summed E-state index contributed by atoms with van der Waals surface area (Å²) in [6.45, 7) is -0.650. The van der Waals surface area contributed by atoms with E-state index in [1.165, 1.54) is 12.1 Å². The number of nitrogens with one attached hydrogen (secondary N) is 8. The number of hydrogen-bond acceptors (Lipinski definition) is 21. The first-order valence-corrected chi connectivity index (χ1v) is 27.4. The third kappa shape index (κ3) is 24.8. The van der Waals surface area contributed by atoms with Gasteiger partial charge in [0.1, 0.15) is 54.4 Å². The van der Waals surface area contributed by atoms with Gasteiger partial charge in [-0.1, -0.05) is 0 Å². The maximum atomic E-state index is 14.0. The third-order valence-corrected chi connectivity index (χ3v) is 13.1. The SMILES string of the molecule is C[C@@H](O)[C@H](NC(=O)[C@H](CCC(=O)O)NC(=O)[C@@H](N)CN1C(=O)c2ccc(N(C)C)cc2C1=O)C(=O)N[C@@H](CC(=O)O)C(=O)N[C@@H](CCCCN)C(=O)N[C@@H](CC(=O)O)C(=O)N[C@@H](CCCCN)C(=O)N[C@@H](CO)C(=O)N[C@@H](CCCN=C(N)N)C(=O)O. The van der Waals surface area contributed by atoms with E-state index in [1.54, 1.807) is 25.1 Å². The number of benzene rings is 1. The molecule has 1 heterocycles. The summed E-state index contributed by atoms with van der Waals surface area (Å²) in [5.41, 5.74) is 28.5. The maximum Gasteiger partial charge on any atom is 0.326 e. The molecule has 36 heteroatoms. The predicted octanol–water partition coefficient (Wildman–Crippen LogP) is -7.86. The third-order valence-electron chi connectivity index (χ3n) is 13.1. The first kappa shape index (κ1) is 74.0. The molecule has 0 aromatic heterocycles. The summed E-state index contributed by atoms with van der Waals surface area (Å²) in [4.78, 5) is 190. The molecular formula is C51H80N16O20. The Hall–Kier alpha value is -9.13. The first-order valence-electron chi connectivity index (χ1n) is 27.4. The number of aliphatic hydroxyl groups is 2. The first-order chi connectivity index (χ1) is 40.9. The van der Waals surface area contributed by atoms with Crippen molar-refractivity contribution in [2.24, 2.45) is 33.7 Å². The largest absolute Gasteiger partial charge is 0.481 e. The monoisotopic (exact) mass is 1240 g/mol. The normalized spacial score (nSPS) is 15.1. The van der Waals surface area contributed by atoms with Crippen LogP contribution >= 0.6 is 0 Å². The van der Waals surface area contributed by atoms with E-state index in [0.717, 1.165) is 6.92 Å². The van der Waals surface area contributed by atoms with Gasteiger partial charge in [-0.25, -0.2) is 4.79 Å². The highest BCUT2D eigenvalue weighted by Crippen LogP contribution is 2.27. The highest BCUT2D eigenvalue weighted by molar-refractivity contribution is 6.22. The number of imide groups is 1. The molecule has 87 heavy (non-hydrogen) atoms. The Bertz CT molecular complexity index is 2690. The van der Waals surface area contributed by atoms with Crippen LogP contribution in [0.1, 0.15) is 105 Å². The minimum absolute atomic E-state index is 0.00468. The second-order valence-electron chi connectivity index (χ2n) is 20.3. The van der Waals surface area contributed by atoms with Gasteiger partial charge in [-0.15, -0.1) is 0 Å². The summed E-state index contributed by atoms with van der Waals surface area (Å²) in [6, 6.07) is -12.1. The van der Waals surface area contributed by atoms with E-state index in [-0.39, 0.29) is 88.1 Å². The van der Waals surface area contributed by atoms with Crippen LogP contribution in [0.25, 0.3) is 0 Å². The minimum atomic E-state index is -2.14. The zero-order chi connectivity index (χ0) is 65.8. The van der Waals surface area contributed by atoms with Crippen LogP contribution in [0, 0.1) is 0 Å². The van der Waals surface area contributed by atoms with Gasteiger partial charge < -0.3 is 107 Å². The fraction of sp³-hybridized carbons (Fsp3) is 0.588. The second-order valence-corrected chi connectivity index (χ2v) is 20.3. The topological polar surface area (TPSA) is 606 Å². The number of hydrogen-bond donors (Lipinski definition) is 19. The summed E-state index contributed by atoms with van der Waals surface area (Å²) in [5, 5.41) is 76.9. The Morgan fingerprint density at radius 3 is 1.44 bits per heavy atom. The predicted molar refractivity (Wildman–Crippen MR) is 303 cm³/mol. The molecule has 0 aliphatic carbocycles. The van der Waals surface area contributed by atoms with Crippen molar-refractivity contribution in [3.05, 3.63) is 29.3 Å². The average Bonchev–Trinajstić information content (AvgIpc) is 1.92. The van der Waals surface area contributed by atoms with E-state index >= 15 is 0 Å². The Labute approximate surface area is 497 Å². The smallest absolute Gasteiger partial charge is 0.326 e. The summed E-state index contributed by atoms with van der Waals surface area (Å²) in [5.74, 6) is -18.3. The van der Waals surface area contributed by atoms with Gasteiger partial charge in [-0.05, 0) is 96.0 Å². The number of rotatable bonds is 41. The molecule has 0 unspecified atom stereocenters. The number of guanidine groups is 1. The quantitative estimate of drug-likeness (QED) is 0.0125. The number of amides is 10. The molecule has 2 rings (SSSR count). The molecule has 1 aromatic rings. The number of unbranched alkanes of at least 4 members (excludes halogenated alkanes) is 2. The van der Waals surface area contributed by atoms with Crippen molar-refractivity contribution >= 4 is 94.6 Å². The van der Waals surface area contributed by atoms with Gasteiger partial charge >= 0.3 is 23.9 Å². The second kappa shape index (κ2) is 36.7. The van der Waals surface area contributed by atoms with Crippen molar-refractivity contribution in [1.82, 2.24) is 47.4 Å². The lowest BCUT2D eigenvalue weighted by Gasteiger charge is -2.28. The zero-order valence-electron chi connectivity index (χ0n) is 48.2. The fourth-order valence-electron chi connectivity index (χ4n) is 8.35. The van der Waals surface area contributed by atoms with Crippen LogP contribution in [-0.4, -0.2) is 232 Å². The molecule has 484 valence electrons. The Kier molecular flexibility index (Phi) is 31.2. The van der Waals surface area contributed by atoms with Crippen LogP contribution < -0.4 is 76.1 Å². The number of carbonyl (C=O) groups is 14. The summed E-state index contributed by atoms with van der Waals surface area (Å²) >= 11 is 0. The molecule has 24 N–H and O–H groups in total. The maximum absolute atomic E-state index is 14.0. The minimum Gasteiger partial charge on any atom is -0.481 e.